The molecule has 1 aliphatic heterocycles. The summed E-state index contributed by atoms with van der Waals surface area (Å²) in [5.74, 6) is 1.44. The minimum Gasteiger partial charge on any atom is -0.494 e. The predicted octanol–water partition coefficient (Wildman–Crippen LogP) is 5.11. The third kappa shape index (κ3) is 4.99. The largest absolute Gasteiger partial charge is 0.494 e. The van der Waals surface area contributed by atoms with Gasteiger partial charge in [-0.2, -0.15) is 0 Å². The summed E-state index contributed by atoms with van der Waals surface area (Å²) in [6, 6.07) is 8.10. The molecule has 3 heteroatoms. The zero-order valence-corrected chi connectivity index (χ0v) is 14.2. The fourth-order valence-corrected chi connectivity index (χ4v) is 2.71. The first-order valence-corrected chi connectivity index (χ1v) is 8.74. The van der Waals surface area contributed by atoms with E-state index in [1.165, 1.54) is 19.3 Å². The van der Waals surface area contributed by atoms with Crippen LogP contribution in [0.5, 0.6) is 5.75 Å². The number of unbranched alkanes of at least 4 members (excludes halogenated alkanes) is 2. The Bertz CT molecular complexity index is 415. The van der Waals surface area contributed by atoms with Crippen LogP contribution in [-0.2, 0) is 9.47 Å². The van der Waals surface area contributed by atoms with Gasteiger partial charge in [0.25, 0.3) is 0 Å². The lowest BCUT2D eigenvalue weighted by atomic mass is 9.96. The van der Waals surface area contributed by atoms with Gasteiger partial charge in [-0.3, -0.25) is 0 Å². The Balaban J connectivity index is 1.85. The summed E-state index contributed by atoms with van der Waals surface area (Å²) in [5, 5.41) is 0. The van der Waals surface area contributed by atoms with Gasteiger partial charge in [0.1, 0.15) is 5.75 Å². The Morgan fingerprint density at radius 2 is 1.82 bits per heavy atom. The van der Waals surface area contributed by atoms with Crippen LogP contribution in [0.4, 0.5) is 0 Å². The minimum atomic E-state index is -0.238. The molecule has 1 aromatic carbocycles. The SMILES string of the molecule is CCCCOc1ccc(C2OCC(CCCC)C(C)O2)cc1. The summed E-state index contributed by atoms with van der Waals surface area (Å²) in [4.78, 5) is 0. The lowest BCUT2D eigenvalue weighted by molar-refractivity contribution is -0.237. The molecular formula is C19H30O3. The highest BCUT2D eigenvalue weighted by atomic mass is 16.7. The topological polar surface area (TPSA) is 27.7 Å². The van der Waals surface area contributed by atoms with E-state index >= 15 is 0 Å². The molecule has 22 heavy (non-hydrogen) atoms. The molecule has 124 valence electrons. The van der Waals surface area contributed by atoms with Crippen molar-refractivity contribution in [2.24, 2.45) is 5.92 Å². The Kier molecular flexibility index (Phi) is 7.20. The fourth-order valence-electron chi connectivity index (χ4n) is 2.71. The van der Waals surface area contributed by atoms with E-state index in [0.717, 1.165) is 37.4 Å². The van der Waals surface area contributed by atoms with E-state index in [1.54, 1.807) is 0 Å². The van der Waals surface area contributed by atoms with Gasteiger partial charge >= 0.3 is 0 Å². The smallest absolute Gasteiger partial charge is 0.184 e. The molecule has 0 saturated carbocycles. The molecule has 0 bridgehead atoms. The second-order valence-corrected chi connectivity index (χ2v) is 6.18. The van der Waals surface area contributed by atoms with Crippen LogP contribution in [0.15, 0.2) is 24.3 Å². The summed E-state index contributed by atoms with van der Waals surface area (Å²) < 4.78 is 17.7. The number of rotatable bonds is 8. The normalized spacial score (nSPS) is 25.1. The molecule has 0 aliphatic carbocycles. The van der Waals surface area contributed by atoms with Crippen molar-refractivity contribution in [3.63, 3.8) is 0 Å². The van der Waals surface area contributed by atoms with Crippen molar-refractivity contribution >= 4 is 0 Å². The summed E-state index contributed by atoms with van der Waals surface area (Å²) in [7, 11) is 0. The van der Waals surface area contributed by atoms with E-state index in [2.05, 4.69) is 20.8 Å². The molecule has 0 radical (unpaired) electrons. The highest BCUT2D eigenvalue weighted by molar-refractivity contribution is 5.28. The zero-order chi connectivity index (χ0) is 15.8. The van der Waals surface area contributed by atoms with Crippen molar-refractivity contribution in [1.29, 1.82) is 0 Å². The monoisotopic (exact) mass is 306 g/mol. The lowest BCUT2D eigenvalue weighted by Crippen LogP contribution is -2.34. The third-order valence-corrected chi connectivity index (χ3v) is 4.31. The molecule has 1 heterocycles. The van der Waals surface area contributed by atoms with Gasteiger partial charge in [0.05, 0.1) is 19.3 Å². The van der Waals surface area contributed by atoms with Crippen molar-refractivity contribution in [3.8, 4) is 5.75 Å². The van der Waals surface area contributed by atoms with E-state index in [9.17, 15) is 0 Å². The molecule has 0 spiro atoms. The molecule has 3 nitrogen and oxygen atoms in total. The van der Waals surface area contributed by atoms with E-state index in [-0.39, 0.29) is 12.4 Å². The van der Waals surface area contributed by atoms with Crippen LogP contribution in [0.2, 0.25) is 0 Å². The lowest BCUT2D eigenvalue weighted by Gasteiger charge is -2.35. The summed E-state index contributed by atoms with van der Waals surface area (Å²) in [6.45, 7) is 8.13. The Morgan fingerprint density at radius 1 is 1.09 bits per heavy atom. The van der Waals surface area contributed by atoms with E-state index in [0.29, 0.717) is 5.92 Å². The van der Waals surface area contributed by atoms with Gasteiger partial charge in [0.15, 0.2) is 6.29 Å². The van der Waals surface area contributed by atoms with Crippen molar-refractivity contribution in [3.05, 3.63) is 29.8 Å². The van der Waals surface area contributed by atoms with E-state index in [4.69, 9.17) is 14.2 Å². The molecule has 1 fully saturated rings. The van der Waals surface area contributed by atoms with Gasteiger partial charge in [-0.25, -0.2) is 0 Å². The Morgan fingerprint density at radius 3 is 2.45 bits per heavy atom. The molecule has 3 atom stereocenters. The van der Waals surface area contributed by atoms with E-state index < -0.39 is 0 Å². The number of hydrogen-bond donors (Lipinski definition) is 0. The maximum Gasteiger partial charge on any atom is 0.184 e. The highest BCUT2D eigenvalue weighted by Gasteiger charge is 2.29. The number of benzene rings is 1. The van der Waals surface area contributed by atoms with Crippen LogP contribution in [0.1, 0.15) is 64.7 Å². The summed E-state index contributed by atoms with van der Waals surface area (Å²) in [6.07, 6.45) is 5.92. The first-order chi connectivity index (χ1) is 10.7. The third-order valence-electron chi connectivity index (χ3n) is 4.31. The minimum absolute atomic E-state index is 0.238. The van der Waals surface area contributed by atoms with Gasteiger partial charge in [-0.05, 0) is 31.9 Å². The van der Waals surface area contributed by atoms with Crippen molar-refractivity contribution in [2.45, 2.75) is 65.3 Å². The molecule has 1 aromatic rings. The molecular weight excluding hydrogens is 276 g/mol. The van der Waals surface area contributed by atoms with Gasteiger partial charge in [-0.15, -0.1) is 0 Å². The van der Waals surface area contributed by atoms with Crippen molar-refractivity contribution < 1.29 is 14.2 Å². The van der Waals surface area contributed by atoms with Crippen molar-refractivity contribution in [1.82, 2.24) is 0 Å². The highest BCUT2D eigenvalue weighted by Crippen LogP contribution is 2.32. The standard InChI is InChI=1S/C19H30O3/c1-4-6-8-17-14-21-19(22-15(17)3)16-9-11-18(12-10-16)20-13-7-5-2/h9-12,15,17,19H,4-8,13-14H2,1-3H3. The molecule has 0 aromatic heterocycles. The van der Waals surface area contributed by atoms with Crippen LogP contribution in [-0.4, -0.2) is 19.3 Å². The van der Waals surface area contributed by atoms with Crippen molar-refractivity contribution in [2.75, 3.05) is 13.2 Å². The van der Waals surface area contributed by atoms with Gasteiger partial charge in [0, 0.05) is 11.5 Å². The number of hydrogen-bond acceptors (Lipinski definition) is 3. The first kappa shape index (κ1) is 17.3. The quantitative estimate of drug-likeness (QED) is 0.625. The second kappa shape index (κ2) is 9.16. The Hall–Kier alpha value is -1.06. The molecule has 0 amide bonds. The fraction of sp³-hybridized carbons (Fsp3) is 0.684. The maximum atomic E-state index is 6.06. The molecule has 0 N–H and O–H groups in total. The van der Waals surface area contributed by atoms with Crippen LogP contribution in [0, 0.1) is 5.92 Å². The average Bonchev–Trinajstić information content (AvgIpc) is 2.54. The van der Waals surface area contributed by atoms with Gasteiger partial charge in [0.2, 0.25) is 0 Å². The summed E-state index contributed by atoms with van der Waals surface area (Å²) in [5.41, 5.74) is 1.07. The van der Waals surface area contributed by atoms with Crippen LogP contribution >= 0.6 is 0 Å². The average molecular weight is 306 g/mol. The first-order valence-electron chi connectivity index (χ1n) is 8.74. The van der Waals surface area contributed by atoms with Crippen LogP contribution < -0.4 is 4.74 Å². The zero-order valence-electron chi connectivity index (χ0n) is 14.2. The molecule has 2 rings (SSSR count). The van der Waals surface area contributed by atoms with Gasteiger partial charge < -0.3 is 14.2 Å². The maximum absolute atomic E-state index is 6.06. The van der Waals surface area contributed by atoms with Crippen LogP contribution in [0.25, 0.3) is 0 Å². The summed E-state index contributed by atoms with van der Waals surface area (Å²) >= 11 is 0. The van der Waals surface area contributed by atoms with Gasteiger partial charge in [-0.1, -0.05) is 45.2 Å². The molecule has 1 aliphatic rings. The second-order valence-electron chi connectivity index (χ2n) is 6.18. The number of ether oxygens (including phenoxy) is 3. The molecule has 1 saturated heterocycles. The van der Waals surface area contributed by atoms with Crippen LogP contribution in [0.3, 0.4) is 0 Å². The molecule has 3 unspecified atom stereocenters. The predicted molar refractivity (Wildman–Crippen MR) is 89.1 cm³/mol. The van der Waals surface area contributed by atoms with E-state index in [1.807, 2.05) is 24.3 Å². The Labute approximate surface area is 135 Å².